The first-order valence-corrected chi connectivity index (χ1v) is 6.53. The van der Waals surface area contributed by atoms with Crippen LogP contribution in [0.4, 0.5) is 0 Å². The van der Waals surface area contributed by atoms with Crippen molar-refractivity contribution >= 4 is 11.8 Å². The van der Waals surface area contributed by atoms with E-state index in [2.05, 4.69) is 6.07 Å². The first-order chi connectivity index (χ1) is 8.66. The summed E-state index contributed by atoms with van der Waals surface area (Å²) in [5, 5.41) is 8.52. The smallest absolute Gasteiger partial charge is 0.303 e. The summed E-state index contributed by atoms with van der Waals surface area (Å²) in [7, 11) is 0. The van der Waals surface area contributed by atoms with E-state index in [0.29, 0.717) is 19.3 Å². The van der Waals surface area contributed by atoms with Gasteiger partial charge in [0.25, 0.3) is 0 Å². The fraction of sp³-hybridized carbons (Fsp3) is 0.467. The van der Waals surface area contributed by atoms with E-state index in [1.165, 1.54) is 17.5 Å². The number of carbonyl (C=O) groups excluding carboxylic acids is 1. The van der Waals surface area contributed by atoms with Crippen molar-refractivity contribution in [2.75, 3.05) is 0 Å². The van der Waals surface area contributed by atoms with Gasteiger partial charge in [-0.25, -0.2) is 0 Å². The summed E-state index contributed by atoms with van der Waals surface area (Å²) < 4.78 is 0. The van der Waals surface area contributed by atoms with Gasteiger partial charge in [-0.1, -0.05) is 12.1 Å². The maximum Gasteiger partial charge on any atom is 0.303 e. The number of hydrogen-bond donors (Lipinski definition) is 1. The van der Waals surface area contributed by atoms with Crippen molar-refractivity contribution in [2.45, 2.75) is 44.9 Å². The van der Waals surface area contributed by atoms with E-state index < -0.39 is 5.97 Å². The topological polar surface area (TPSA) is 54.4 Å². The van der Waals surface area contributed by atoms with Gasteiger partial charge in [-0.2, -0.15) is 0 Å². The normalized spacial score (nSPS) is 13.3. The summed E-state index contributed by atoms with van der Waals surface area (Å²) in [6.07, 6.45) is 5.22. The highest BCUT2D eigenvalue weighted by molar-refractivity contribution is 5.96. The molecule has 18 heavy (non-hydrogen) atoms. The molecule has 0 bridgehead atoms. The van der Waals surface area contributed by atoms with Gasteiger partial charge in [-0.15, -0.1) is 0 Å². The molecule has 0 saturated heterocycles. The summed E-state index contributed by atoms with van der Waals surface area (Å²) in [6.45, 7) is 0. The molecular weight excluding hydrogens is 228 g/mol. The molecule has 1 N–H and O–H groups in total. The van der Waals surface area contributed by atoms with Gasteiger partial charge in [-0.05, 0) is 49.3 Å². The molecule has 0 heterocycles. The zero-order valence-corrected chi connectivity index (χ0v) is 10.4. The highest BCUT2D eigenvalue weighted by Gasteiger charge is 2.13. The molecule has 0 radical (unpaired) electrons. The molecule has 0 atom stereocenters. The van der Waals surface area contributed by atoms with Gasteiger partial charge in [0.1, 0.15) is 0 Å². The average molecular weight is 246 g/mol. The maximum atomic E-state index is 11.9. The molecule has 0 spiro atoms. The Labute approximate surface area is 107 Å². The van der Waals surface area contributed by atoms with Gasteiger partial charge in [0.05, 0.1) is 0 Å². The number of fused-ring (bicyclic) bond motifs is 1. The fourth-order valence-electron chi connectivity index (χ4n) is 2.45. The van der Waals surface area contributed by atoms with Crippen LogP contribution in [0.2, 0.25) is 0 Å². The van der Waals surface area contributed by atoms with Crippen molar-refractivity contribution in [3.05, 3.63) is 34.9 Å². The summed E-state index contributed by atoms with van der Waals surface area (Å²) in [5.74, 6) is -0.657. The maximum absolute atomic E-state index is 11.9. The number of carboxylic acid groups (broad SMARTS) is 1. The van der Waals surface area contributed by atoms with Crippen LogP contribution in [0, 0.1) is 0 Å². The van der Waals surface area contributed by atoms with Crippen LogP contribution in [0.5, 0.6) is 0 Å². The molecule has 0 aliphatic heterocycles. The van der Waals surface area contributed by atoms with Crippen LogP contribution in [0.1, 0.15) is 53.6 Å². The number of Topliss-reactive ketones (excluding diaryl/α,β-unsaturated/α-hetero) is 1. The number of hydrogen-bond acceptors (Lipinski definition) is 2. The molecule has 0 saturated carbocycles. The highest BCUT2D eigenvalue weighted by atomic mass is 16.4. The van der Waals surface area contributed by atoms with Crippen molar-refractivity contribution in [2.24, 2.45) is 0 Å². The number of benzene rings is 1. The fourth-order valence-corrected chi connectivity index (χ4v) is 2.45. The first kappa shape index (κ1) is 12.8. The summed E-state index contributed by atoms with van der Waals surface area (Å²) in [6, 6.07) is 5.98. The Morgan fingerprint density at radius 3 is 2.56 bits per heavy atom. The Morgan fingerprint density at radius 2 is 1.78 bits per heavy atom. The second-order valence-corrected chi connectivity index (χ2v) is 4.86. The Hall–Kier alpha value is -1.64. The van der Waals surface area contributed by atoms with Crippen molar-refractivity contribution in [1.29, 1.82) is 0 Å². The largest absolute Gasteiger partial charge is 0.481 e. The third-order valence-electron chi connectivity index (χ3n) is 3.46. The molecule has 3 heteroatoms. The minimum Gasteiger partial charge on any atom is -0.481 e. The Kier molecular flexibility index (Phi) is 4.13. The molecule has 1 aromatic rings. The molecule has 96 valence electrons. The molecule has 1 aliphatic rings. The lowest BCUT2D eigenvalue weighted by Gasteiger charge is -2.04. The lowest BCUT2D eigenvalue weighted by atomic mass is 10.0. The van der Waals surface area contributed by atoms with Gasteiger partial charge in [0.15, 0.2) is 5.78 Å². The lowest BCUT2D eigenvalue weighted by Crippen LogP contribution is -2.01. The molecule has 0 aromatic heterocycles. The van der Waals surface area contributed by atoms with Crippen LogP contribution >= 0.6 is 0 Å². The van der Waals surface area contributed by atoms with E-state index in [-0.39, 0.29) is 12.2 Å². The van der Waals surface area contributed by atoms with E-state index in [1.54, 1.807) is 0 Å². The lowest BCUT2D eigenvalue weighted by molar-refractivity contribution is -0.137. The molecule has 3 nitrogen and oxygen atoms in total. The quantitative estimate of drug-likeness (QED) is 0.620. The molecular formula is C15H18O3. The standard InChI is InChI=1S/C15H18O3/c16-14(6-1-2-7-15(17)18)13-9-8-11-4-3-5-12(11)10-13/h8-10H,1-7H2,(H,17,18). The average Bonchev–Trinajstić information content (AvgIpc) is 2.81. The number of carboxylic acids is 1. The number of aryl methyl sites for hydroxylation is 2. The number of unbranched alkanes of at least 4 members (excludes halogenated alkanes) is 1. The number of carbonyl (C=O) groups is 2. The van der Waals surface area contributed by atoms with Crippen LogP contribution < -0.4 is 0 Å². The van der Waals surface area contributed by atoms with Crippen LogP contribution in [-0.2, 0) is 17.6 Å². The Bertz CT molecular complexity index is 463. The predicted octanol–water partition coefficient (Wildman–Crippen LogP) is 3.00. The monoisotopic (exact) mass is 246 g/mol. The van der Waals surface area contributed by atoms with Crippen molar-refractivity contribution in [1.82, 2.24) is 0 Å². The molecule has 1 aliphatic carbocycles. The van der Waals surface area contributed by atoms with E-state index in [4.69, 9.17) is 5.11 Å². The number of rotatable bonds is 6. The van der Waals surface area contributed by atoms with Crippen molar-refractivity contribution in [3.8, 4) is 0 Å². The van der Waals surface area contributed by atoms with Gasteiger partial charge in [-0.3, -0.25) is 9.59 Å². The van der Waals surface area contributed by atoms with Gasteiger partial charge >= 0.3 is 5.97 Å². The van der Waals surface area contributed by atoms with E-state index >= 15 is 0 Å². The molecule has 1 aromatic carbocycles. The van der Waals surface area contributed by atoms with Crippen LogP contribution in [0.15, 0.2) is 18.2 Å². The van der Waals surface area contributed by atoms with Crippen LogP contribution in [-0.4, -0.2) is 16.9 Å². The minimum absolute atomic E-state index is 0.134. The van der Waals surface area contributed by atoms with Crippen LogP contribution in [0.3, 0.4) is 0 Å². The molecule has 0 unspecified atom stereocenters. The van der Waals surface area contributed by atoms with Gasteiger partial charge in [0, 0.05) is 18.4 Å². The third-order valence-corrected chi connectivity index (χ3v) is 3.46. The number of aliphatic carboxylic acids is 1. The second-order valence-electron chi connectivity index (χ2n) is 4.86. The summed E-state index contributed by atoms with van der Waals surface area (Å²) >= 11 is 0. The van der Waals surface area contributed by atoms with Gasteiger partial charge < -0.3 is 5.11 Å². The summed E-state index contributed by atoms with van der Waals surface area (Å²) in [4.78, 5) is 22.3. The Morgan fingerprint density at radius 1 is 1.06 bits per heavy atom. The first-order valence-electron chi connectivity index (χ1n) is 6.53. The van der Waals surface area contributed by atoms with Gasteiger partial charge in [0.2, 0.25) is 0 Å². The molecule has 2 rings (SSSR count). The van der Waals surface area contributed by atoms with E-state index in [0.717, 1.165) is 18.4 Å². The Balaban J connectivity index is 1.87. The second kappa shape index (κ2) is 5.80. The molecule has 0 amide bonds. The van der Waals surface area contributed by atoms with E-state index in [1.807, 2.05) is 12.1 Å². The SMILES string of the molecule is O=C(O)CCCCC(=O)c1ccc2c(c1)CCC2. The molecule has 0 fully saturated rings. The number of ketones is 1. The van der Waals surface area contributed by atoms with Crippen LogP contribution in [0.25, 0.3) is 0 Å². The minimum atomic E-state index is -0.792. The van der Waals surface area contributed by atoms with Crippen molar-refractivity contribution in [3.63, 3.8) is 0 Å². The third kappa shape index (κ3) is 3.19. The summed E-state index contributed by atoms with van der Waals surface area (Å²) in [5.41, 5.74) is 3.47. The van der Waals surface area contributed by atoms with Crippen molar-refractivity contribution < 1.29 is 14.7 Å². The highest BCUT2D eigenvalue weighted by Crippen LogP contribution is 2.23. The van der Waals surface area contributed by atoms with E-state index in [9.17, 15) is 9.59 Å². The zero-order chi connectivity index (χ0) is 13.0. The zero-order valence-electron chi connectivity index (χ0n) is 10.4. The predicted molar refractivity (Wildman–Crippen MR) is 68.9 cm³/mol.